The van der Waals surface area contributed by atoms with Crippen LogP contribution in [0.4, 0.5) is 4.39 Å². The molecule has 1 aromatic heterocycles. The maximum Gasteiger partial charge on any atom is 0.123 e. The second-order valence-corrected chi connectivity index (χ2v) is 4.53. The van der Waals surface area contributed by atoms with Crippen LogP contribution in [0, 0.1) is 5.82 Å². The number of nitrogens with zero attached hydrogens (tertiary/aromatic N) is 1. The zero-order valence-electron chi connectivity index (χ0n) is 9.30. The molecule has 1 aromatic carbocycles. The number of fused-ring (bicyclic) bond motifs is 1. The van der Waals surface area contributed by atoms with Crippen molar-refractivity contribution in [1.82, 2.24) is 4.57 Å². The molecule has 1 unspecified atom stereocenters. The number of hydrogen-bond acceptors (Lipinski definition) is 1. The lowest BCUT2D eigenvalue weighted by Crippen LogP contribution is -2.17. The van der Waals surface area contributed by atoms with Crippen molar-refractivity contribution in [2.24, 2.45) is 12.8 Å². The van der Waals surface area contributed by atoms with Gasteiger partial charge >= 0.3 is 0 Å². The Morgan fingerprint density at radius 3 is 2.81 bits per heavy atom. The number of aryl methyl sites for hydroxylation is 1. The second kappa shape index (κ2) is 4.07. The first kappa shape index (κ1) is 11.4. The van der Waals surface area contributed by atoms with Gasteiger partial charge in [0.1, 0.15) is 11.0 Å². The summed E-state index contributed by atoms with van der Waals surface area (Å²) < 4.78 is 15.1. The Kier molecular flexibility index (Phi) is 2.91. The van der Waals surface area contributed by atoms with Gasteiger partial charge in [-0.3, -0.25) is 0 Å². The summed E-state index contributed by atoms with van der Waals surface area (Å²) >= 11 is 6.22. The van der Waals surface area contributed by atoms with Crippen molar-refractivity contribution in [2.45, 2.75) is 19.4 Å². The number of halogens is 2. The molecular formula is C12H14ClFN2. The van der Waals surface area contributed by atoms with E-state index in [2.05, 4.69) is 0 Å². The van der Waals surface area contributed by atoms with E-state index in [-0.39, 0.29) is 11.9 Å². The number of aromatic nitrogens is 1. The molecule has 0 saturated carbocycles. The van der Waals surface area contributed by atoms with Crippen LogP contribution in [-0.2, 0) is 13.5 Å². The van der Waals surface area contributed by atoms with E-state index in [1.54, 1.807) is 6.07 Å². The topological polar surface area (TPSA) is 30.9 Å². The minimum atomic E-state index is -0.249. The molecule has 16 heavy (non-hydrogen) atoms. The van der Waals surface area contributed by atoms with Crippen molar-refractivity contribution >= 4 is 22.5 Å². The van der Waals surface area contributed by atoms with Gasteiger partial charge in [0.05, 0.1) is 0 Å². The molecule has 0 saturated heterocycles. The van der Waals surface area contributed by atoms with E-state index in [0.717, 1.165) is 16.5 Å². The SMILES string of the molecule is CC(N)Cc1c(Cl)n(C)c2ccc(F)cc12. The van der Waals surface area contributed by atoms with Crippen molar-refractivity contribution in [3.8, 4) is 0 Å². The van der Waals surface area contributed by atoms with Gasteiger partial charge in [0.15, 0.2) is 0 Å². The molecule has 86 valence electrons. The van der Waals surface area contributed by atoms with Gasteiger partial charge in [-0.15, -0.1) is 0 Å². The summed E-state index contributed by atoms with van der Waals surface area (Å²) in [5, 5.41) is 1.49. The highest BCUT2D eigenvalue weighted by Crippen LogP contribution is 2.30. The maximum absolute atomic E-state index is 13.2. The van der Waals surface area contributed by atoms with Crippen LogP contribution in [-0.4, -0.2) is 10.6 Å². The van der Waals surface area contributed by atoms with Crippen LogP contribution in [0.1, 0.15) is 12.5 Å². The Balaban J connectivity index is 2.70. The van der Waals surface area contributed by atoms with Crippen molar-refractivity contribution in [3.63, 3.8) is 0 Å². The number of nitrogens with two attached hydrogens (primary N) is 1. The lowest BCUT2D eigenvalue weighted by Gasteiger charge is -2.04. The molecule has 0 bridgehead atoms. The quantitative estimate of drug-likeness (QED) is 0.860. The Morgan fingerprint density at radius 2 is 2.19 bits per heavy atom. The van der Waals surface area contributed by atoms with Gasteiger partial charge in [0, 0.05) is 24.0 Å². The molecule has 0 spiro atoms. The van der Waals surface area contributed by atoms with Crippen molar-refractivity contribution in [2.75, 3.05) is 0 Å². The van der Waals surface area contributed by atoms with E-state index >= 15 is 0 Å². The first-order chi connectivity index (χ1) is 7.50. The molecule has 1 atom stereocenters. The molecule has 0 fully saturated rings. The number of hydrogen-bond donors (Lipinski definition) is 1. The summed E-state index contributed by atoms with van der Waals surface area (Å²) in [6.45, 7) is 1.91. The maximum atomic E-state index is 13.2. The third kappa shape index (κ3) is 1.81. The standard InChI is InChI=1S/C12H14ClFN2/c1-7(15)5-10-9-6-8(14)3-4-11(9)16(2)12(10)13/h3-4,6-7H,5,15H2,1-2H3. The molecule has 0 aliphatic carbocycles. The van der Waals surface area contributed by atoms with Gasteiger partial charge in [-0.25, -0.2) is 4.39 Å². The van der Waals surface area contributed by atoms with Gasteiger partial charge < -0.3 is 10.3 Å². The third-order valence-electron chi connectivity index (χ3n) is 2.71. The highest BCUT2D eigenvalue weighted by molar-refractivity contribution is 6.32. The number of rotatable bonds is 2. The summed E-state index contributed by atoms with van der Waals surface area (Å²) in [6.07, 6.45) is 0.652. The average Bonchev–Trinajstić information content (AvgIpc) is 2.43. The lowest BCUT2D eigenvalue weighted by molar-refractivity contribution is 0.629. The second-order valence-electron chi connectivity index (χ2n) is 4.17. The van der Waals surface area contributed by atoms with E-state index in [0.29, 0.717) is 11.6 Å². The first-order valence-corrected chi connectivity index (χ1v) is 5.56. The van der Waals surface area contributed by atoms with Crippen LogP contribution < -0.4 is 5.73 Å². The Hall–Kier alpha value is -1.06. The summed E-state index contributed by atoms with van der Waals surface area (Å²) in [7, 11) is 1.87. The Morgan fingerprint density at radius 1 is 1.50 bits per heavy atom. The third-order valence-corrected chi connectivity index (χ3v) is 3.20. The smallest absolute Gasteiger partial charge is 0.123 e. The minimum absolute atomic E-state index is 0.00590. The van der Waals surface area contributed by atoms with Crippen molar-refractivity contribution < 1.29 is 4.39 Å². The zero-order valence-corrected chi connectivity index (χ0v) is 10.1. The van der Waals surface area contributed by atoms with Crippen molar-refractivity contribution in [3.05, 3.63) is 34.7 Å². The molecule has 0 radical (unpaired) electrons. The van der Waals surface area contributed by atoms with E-state index in [1.807, 2.05) is 18.5 Å². The predicted octanol–water partition coefficient (Wildman–Crippen LogP) is 2.86. The van der Waals surface area contributed by atoms with Crippen LogP contribution >= 0.6 is 11.6 Å². The molecule has 4 heteroatoms. The Bertz CT molecular complexity index is 531. The van der Waals surface area contributed by atoms with Crippen LogP contribution in [0.2, 0.25) is 5.15 Å². The molecule has 1 heterocycles. The van der Waals surface area contributed by atoms with Gasteiger partial charge in [0.25, 0.3) is 0 Å². The summed E-state index contributed by atoms with van der Waals surface area (Å²) in [4.78, 5) is 0. The average molecular weight is 241 g/mol. The summed E-state index contributed by atoms with van der Waals surface area (Å²) in [6, 6.07) is 4.69. The van der Waals surface area contributed by atoms with Crippen LogP contribution in [0.5, 0.6) is 0 Å². The van der Waals surface area contributed by atoms with Gasteiger partial charge in [-0.2, -0.15) is 0 Å². The summed E-state index contributed by atoms with van der Waals surface area (Å²) in [5.41, 5.74) is 7.63. The highest BCUT2D eigenvalue weighted by Gasteiger charge is 2.14. The van der Waals surface area contributed by atoms with Gasteiger partial charge in [0.2, 0.25) is 0 Å². The van der Waals surface area contributed by atoms with Crippen LogP contribution in [0.15, 0.2) is 18.2 Å². The van der Waals surface area contributed by atoms with Crippen molar-refractivity contribution in [1.29, 1.82) is 0 Å². The molecule has 0 amide bonds. The predicted molar refractivity (Wildman–Crippen MR) is 65.2 cm³/mol. The van der Waals surface area contributed by atoms with E-state index < -0.39 is 0 Å². The molecule has 2 aromatic rings. The fraction of sp³-hybridized carbons (Fsp3) is 0.333. The molecule has 2 rings (SSSR count). The largest absolute Gasteiger partial charge is 0.335 e. The summed E-state index contributed by atoms with van der Waals surface area (Å²) in [5.74, 6) is -0.249. The highest BCUT2D eigenvalue weighted by atomic mass is 35.5. The van der Waals surface area contributed by atoms with Gasteiger partial charge in [-0.05, 0) is 37.1 Å². The monoisotopic (exact) mass is 240 g/mol. The van der Waals surface area contributed by atoms with E-state index in [1.165, 1.54) is 12.1 Å². The van der Waals surface area contributed by atoms with E-state index in [4.69, 9.17) is 17.3 Å². The molecule has 0 aliphatic rings. The lowest BCUT2D eigenvalue weighted by atomic mass is 10.1. The van der Waals surface area contributed by atoms with Crippen LogP contribution in [0.25, 0.3) is 10.9 Å². The first-order valence-electron chi connectivity index (χ1n) is 5.18. The minimum Gasteiger partial charge on any atom is -0.335 e. The number of benzene rings is 1. The van der Waals surface area contributed by atoms with E-state index in [9.17, 15) is 4.39 Å². The fourth-order valence-corrected chi connectivity index (χ4v) is 2.25. The zero-order chi connectivity index (χ0) is 11.9. The van der Waals surface area contributed by atoms with Crippen LogP contribution in [0.3, 0.4) is 0 Å². The molecule has 2 nitrogen and oxygen atoms in total. The normalized spacial score (nSPS) is 13.3. The molecule has 0 aliphatic heterocycles. The molecular weight excluding hydrogens is 227 g/mol. The Labute approximate surface area is 98.8 Å². The van der Waals surface area contributed by atoms with Gasteiger partial charge in [-0.1, -0.05) is 11.6 Å². The molecule has 2 N–H and O–H groups in total. The fourth-order valence-electron chi connectivity index (χ4n) is 1.98.